The van der Waals surface area contributed by atoms with Gasteiger partial charge in [0.25, 0.3) is 0 Å². The van der Waals surface area contributed by atoms with Crippen LogP contribution in [-0.4, -0.2) is 34.0 Å². The zero-order chi connectivity index (χ0) is 18.1. The van der Waals surface area contributed by atoms with Crippen LogP contribution in [0.25, 0.3) is 10.2 Å². The van der Waals surface area contributed by atoms with Crippen LogP contribution in [0.1, 0.15) is 40.6 Å². The van der Waals surface area contributed by atoms with E-state index in [1.807, 2.05) is 17.4 Å². The topological polar surface area (TPSA) is 53.4 Å². The summed E-state index contributed by atoms with van der Waals surface area (Å²) in [6.07, 6.45) is 2.46. The number of carboxylic acid groups (broad SMARTS) is 1. The van der Waals surface area contributed by atoms with E-state index in [1.54, 1.807) is 11.3 Å². The molecule has 1 saturated heterocycles. The number of rotatable bonds is 5. The van der Waals surface area contributed by atoms with Gasteiger partial charge in [-0.1, -0.05) is 19.1 Å². The number of benzene rings is 1. The summed E-state index contributed by atoms with van der Waals surface area (Å²) in [6.45, 7) is 3.79. The Morgan fingerprint density at radius 1 is 1.23 bits per heavy atom. The van der Waals surface area contributed by atoms with Gasteiger partial charge < -0.3 is 5.11 Å². The molecule has 3 aromatic rings. The highest BCUT2D eigenvalue weighted by atomic mass is 32.1. The second-order valence-corrected chi connectivity index (χ2v) is 8.99. The minimum atomic E-state index is -0.662. The predicted octanol–water partition coefficient (Wildman–Crippen LogP) is 4.81. The van der Waals surface area contributed by atoms with Crippen LogP contribution >= 0.6 is 22.7 Å². The highest BCUT2D eigenvalue weighted by Crippen LogP contribution is 2.39. The van der Waals surface area contributed by atoms with Crippen LogP contribution in [-0.2, 0) is 11.2 Å². The molecule has 4 nitrogen and oxygen atoms in total. The second kappa shape index (κ2) is 7.47. The first-order valence-corrected chi connectivity index (χ1v) is 10.7. The molecule has 2 aromatic heterocycles. The van der Waals surface area contributed by atoms with E-state index in [9.17, 15) is 9.90 Å². The van der Waals surface area contributed by atoms with E-state index in [0.717, 1.165) is 30.0 Å². The Bertz CT molecular complexity index is 876. The third-order valence-electron chi connectivity index (χ3n) is 5.09. The molecular weight excluding hydrogens is 364 g/mol. The molecule has 1 N–H and O–H groups in total. The van der Waals surface area contributed by atoms with Gasteiger partial charge in [-0.05, 0) is 56.6 Å². The van der Waals surface area contributed by atoms with Crippen molar-refractivity contribution in [2.75, 3.05) is 13.1 Å². The number of carbonyl (C=O) groups is 1. The van der Waals surface area contributed by atoms with Crippen LogP contribution in [0.15, 0.2) is 36.4 Å². The molecule has 1 unspecified atom stereocenters. The quantitative estimate of drug-likeness (QED) is 0.684. The van der Waals surface area contributed by atoms with E-state index in [4.69, 9.17) is 4.98 Å². The van der Waals surface area contributed by atoms with Crippen LogP contribution in [0, 0.1) is 5.92 Å². The number of thiophene rings is 1. The number of aromatic nitrogens is 1. The van der Waals surface area contributed by atoms with Gasteiger partial charge in [0.1, 0.15) is 5.01 Å². The number of fused-ring (bicyclic) bond motifs is 1. The lowest BCUT2D eigenvalue weighted by atomic mass is 9.96. The number of likely N-dealkylation sites (tertiary alicyclic amines) is 1. The molecule has 4 rings (SSSR count). The first-order valence-electron chi connectivity index (χ1n) is 9.06. The Balaban J connectivity index is 1.69. The number of carboxylic acids is 1. The number of para-hydroxylation sites is 1. The smallest absolute Gasteiger partial charge is 0.306 e. The van der Waals surface area contributed by atoms with Gasteiger partial charge in [-0.15, -0.1) is 22.7 Å². The van der Waals surface area contributed by atoms with Gasteiger partial charge in [-0.3, -0.25) is 9.69 Å². The van der Waals surface area contributed by atoms with Gasteiger partial charge in [0.05, 0.1) is 22.2 Å². The summed E-state index contributed by atoms with van der Waals surface area (Å²) in [5.74, 6) is -0.873. The minimum absolute atomic E-state index is 0.132. The molecule has 1 aliphatic heterocycles. The fraction of sp³-hybridized carbons (Fsp3) is 0.400. The molecule has 136 valence electrons. The lowest BCUT2D eigenvalue weighted by molar-refractivity contribution is -0.143. The van der Waals surface area contributed by atoms with Gasteiger partial charge in [-0.2, -0.15) is 0 Å². The van der Waals surface area contributed by atoms with Crippen LogP contribution in [0.2, 0.25) is 0 Å². The van der Waals surface area contributed by atoms with Crippen LogP contribution in [0.4, 0.5) is 0 Å². The molecule has 26 heavy (non-hydrogen) atoms. The molecule has 0 aliphatic carbocycles. The Hall–Kier alpha value is -1.76. The largest absolute Gasteiger partial charge is 0.481 e. The summed E-state index contributed by atoms with van der Waals surface area (Å²) in [4.78, 5) is 21.3. The third-order valence-corrected chi connectivity index (χ3v) is 7.46. The number of aliphatic carboxylic acids is 1. The standard InChI is InChI=1S/C20H22N2O2S2/c1-2-14-7-8-17(25-14)18(22-11-9-13(10-12-22)20(23)24)19-21-15-5-3-4-6-16(15)26-19/h3-8,13,18H,2,9-12H2,1H3,(H,23,24). The molecule has 0 spiro atoms. The van der Waals surface area contributed by atoms with E-state index < -0.39 is 5.97 Å². The van der Waals surface area contributed by atoms with Gasteiger partial charge >= 0.3 is 5.97 Å². The van der Waals surface area contributed by atoms with Gasteiger partial charge in [-0.25, -0.2) is 4.98 Å². The summed E-state index contributed by atoms with van der Waals surface area (Å²) in [7, 11) is 0. The Morgan fingerprint density at radius 3 is 2.65 bits per heavy atom. The van der Waals surface area contributed by atoms with Crippen LogP contribution < -0.4 is 0 Å². The molecule has 1 aromatic carbocycles. The average molecular weight is 387 g/mol. The molecule has 6 heteroatoms. The van der Waals surface area contributed by atoms with Crippen molar-refractivity contribution >= 4 is 38.9 Å². The lowest BCUT2D eigenvalue weighted by Crippen LogP contribution is -2.38. The highest BCUT2D eigenvalue weighted by Gasteiger charge is 2.32. The summed E-state index contributed by atoms with van der Waals surface area (Å²) in [5.41, 5.74) is 1.05. The summed E-state index contributed by atoms with van der Waals surface area (Å²) < 4.78 is 1.21. The van der Waals surface area contributed by atoms with Crippen molar-refractivity contribution in [1.82, 2.24) is 9.88 Å². The average Bonchev–Trinajstić information content (AvgIpc) is 3.29. The molecule has 0 radical (unpaired) electrons. The number of hydrogen-bond donors (Lipinski definition) is 1. The molecule has 1 aliphatic rings. The van der Waals surface area contributed by atoms with Crippen LogP contribution in [0.3, 0.4) is 0 Å². The van der Waals surface area contributed by atoms with E-state index in [0.29, 0.717) is 12.8 Å². The van der Waals surface area contributed by atoms with Crippen molar-refractivity contribution < 1.29 is 9.90 Å². The van der Waals surface area contributed by atoms with E-state index >= 15 is 0 Å². The third kappa shape index (κ3) is 3.41. The van der Waals surface area contributed by atoms with Crippen molar-refractivity contribution in [2.45, 2.75) is 32.2 Å². The molecule has 3 heterocycles. The van der Waals surface area contributed by atoms with E-state index in [2.05, 4.69) is 42.2 Å². The fourth-order valence-electron chi connectivity index (χ4n) is 3.60. The molecule has 0 bridgehead atoms. The van der Waals surface area contributed by atoms with Crippen molar-refractivity contribution in [3.63, 3.8) is 0 Å². The summed E-state index contributed by atoms with van der Waals surface area (Å²) >= 11 is 3.61. The maximum atomic E-state index is 11.3. The zero-order valence-corrected chi connectivity index (χ0v) is 16.4. The SMILES string of the molecule is CCc1ccc(C(c2nc3ccccc3s2)N2CCC(C(=O)O)CC2)s1. The highest BCUT2D eigenvalue weighted by molar-refractivity contribution is 7.19. The van der Waals surface area contributed by atoms with Crippen LogP contribution in [0.5, 0.6) is 0 Å². The lowest BCUT2D eigenvalue weighted by Gasteiger charge is -2.35. The first kappa shape index (κ1) is 17.6. The van der Waals surface area contributed by atoms with Crippen molar-refractivity contribution in [3.05, 3.63) is 51.2 Å². The fourth-order valence-corrected chi connectivity index (χ4v) is 5.89. The molecule has 1 fully saturated rings. The van der Waals surface area contributed by atoms with E-state index in [-0.39, 0.29) is 12.0 Å². The van der Waals surface area contributed by atoms with Gasteiger partial charge in [0, 0.05) is 9.75 Å². The predicted molar refractivity (Wildman–Crippen MR) is 107 cm³/mol. The van der Waals surface area contributed by atoms with E-state index in [1.165, 1.54) is 14.5 Å². The second-order valence-electron chi connectivity index (χ2n) is 6.73. The Labute approximate surface area is 161 Å². The summed E-state index contributed by atoms with van der Waals surface area (Å²) in [6, 6.07) is 12.8. The number of nitrogens with zero attached hydrogens (tertiary/aromatic N) is 2. The van der Waals surface area contributed by atoms with Crippen molar-refractivity contribution in [2.24, 2.45) is 5.92 Å². The number of thiazole rings is 1. The number of hydrogen-bond acceptors (Lipinski definition) is 5. The van der Waals surface area contributed by atoms with Gasteiger partial charge in [0.15, 0.2) is 0 Å². The molecular formula is C20H22N2O2S2. The number of aryl methyl sites for hydroxylation is 1. The first-order chi connectivity index (χ1) is 12.7. The minimum Gasteiger partial charge on any atom is -0.481 e. The monoisotopic (exact) mass is 386 g/mol. The maximum absolute atomic E-state index is 11.3. The van der Waals surface area contributed by atoms with Crippen molar-refractivity contribution in [1.29, 1.82) is 0 Å². The number of piperidine rings is 1. The van der Waals surface area contributed by atoms with Crippen molar-refractivity contribution in [3.8, 4) is 0 Å². The zero-order valence-electron chi connectivity index (χ0n) is 14.7. The Kier molecular flexibility index (Phi) is 5.07. The normalized spacial score (nSPS) is 17.6. The maximum Gasteiger partial charge on any atom is 0.306 e. The van der Waals surface area contributed by atoms with Gasteiger partial charge in [0.2, 0.25) is 0 Å². The molecule has 0 saturated carbocycles. The molecule has 1 atom stereocenters. The summed E-state index contributed by atoms with van der Waals surface area (Å²) in [5, 5.41) is 10.4. The Morgan fingerprint density at radius 2 is 2.00 bits per heavy atom. The molecule has 0 amide bonds.